The highest BCUT2D eigenvalue weighted by atomic mass is 79.9. The number of ether oxygens (including phenoxy) is 1. The van der Waals surface area contributed by atoms with E-state index in [2.05, 4.69) is 21.2 Å². The fourth-order valence-corrected chi connectivity index (χ4v) is 2.77. The van der Waals surface area contributed by atoms with Gasteiger partial charge in [0.2, 0.25) is 0 Å². The number of rotatable bonds is 4. The van der Waals surface area contributed by atoms with Crippen molar-refractivity contribution < 1.29 is 9.53 Å². The van der Waals surface area contributed by atoms with Gasteiger partial charge in [0.15, 0.2) is 5.75 Å². The predicted molar refractivity (Wildman–Crippen MR) is 64.7 cm³/mol. The minimum Gasteiger partial charge on any atom is -0.494 e. The first-order valence-corrected chi connectivity index (χ1v) is 6.04. The number of hydrogen-bond donors (Lipinski definition) is 2. The molecule has 4 nitrogen and oxygen atoms in total. The zero-order valence-corrected chi connectivity index (χ0v) is 11.0. The second kappa shape index (κ2) is 5.48. The van der Waals surface area contributed by atoms with Crippen molar-refractivity contribution in [1.82, 2.24) is 5.32 Å². The lowest BCUT2D eigenvalue weighted by atomic mass is 10.3. The van der Waals surface area contributed by atoms with Crippen molar-refractivity contribution in [3.05, 3.63) is 14.2 Å². The second-order valence-corrected chi connectivity index (χ2v) is 4.90. The van der Waals surface area contributed by atoms with Crippen LogP contribution in [0.1, 0.15) is 14.5 Å². The summed E-state index contributed by atoms with van der Waals surface area (Å²) >= 11 is 4.78. The Hall–Kier alpha value is -0.590. The lowest BCUT2D eigenvalue weighted by Gasteiger charge is -2.03. The maximum Gasteiger partial charge on any atom is 0.265 e. The van der Waals surface area contributed by atoms with Gasteiger partial charge in [-0.2, -0.15) is 0 Å². The molecule has 6 heteroatoms. The molecule has 0 saturated heterocycles. The summed E-state index contributed by atoms with van der Waals surface area (Å²) in [5.41, 5.74) is 5.31. The molecule has 0 spiro atoms. The Morgan fingerprint density at radius 2 is 2.33 bits per heavy atom. The molecule has 1 rings (SSSR count). The molecule has 0 bridgehead atoms. The van der Waals surface area contributed by atoms with Crippen LogP contribution in [0.4, 0.5) is 0 Å². The molecule has 0 aromatic carbocycles. The van der Waals surface area contributed by atoms with Gasteiger partial charge in [0.1, 0.15) is 4.88 Å². The van der Waals surface area contributed by atoms with Crippen molar-refractivity contribution >= 4 is 33.2 Å². The number of nitrogens with one attached hydrogen (secondary N) is 1. The van der Waals surface area contributed by atoms with Gasteiger partial charge in [0, 0.05) is 18.0 Å². The van der Waals surface area contributed by atoms with Crippen LogP contribution in [0.3, 0.4) is 0 Å². The molecular formula is C9H13BrN2O2S. The van der Waals surface area contributed by atoms with Crippen LogP contribution in [0, 0.1) is 6.92 Å². The van der Waals surface area contributed by atoms with Gasteiger partial charge in [-0.3, -0.25) is 4.79 Å². The molecule has 0 saturated carbocycles. The van der Waals surface area contributed by atoms with E-state index in [4.69, 9.17) is 10.5 Å². The second-order valence-electron chi connectivity index (χ2n) is 2.88. The normalized spacial score (nSPS) is 10.1. The molecule has 0 aliphatic heterocycles. The highest BCUT2D eigenvalue weighted by Gasteiger charge is 2.19. The molecule has 0 aliphatic carbocycles. The van der Waals surface area contributed by atoms with Crippen LogP contribution < -0.4 is 15.8 Å². The van der Waals surface area contributed by atoms with Crippen LogP contribution in [-0.2, 0) is 0 Å². The molecule has 15 heavy (non-hydrogen) atoms. The number of nitrogens with two attached hydrogens (primary N) is 1. The standard InChI is InChI=1S/C9H13BrN2O2S/c1-5-6(10)7(14-2)8(15-5)9(13)12-4-3-11/h3-4,11H2,1-2H3,(H,12,13). The van der Waals surface area contributed by atoms with Crippen molar-refractivity contribution in [2.24, 2.45) is 5.73 Å². The Morgan fingerprint density at radius 1 is 1.67 bits per heavy atom. The maximum atomic E-state index is 11.7. The van der Waals surface area contributed by atoms with E-state index >= 15 is 0 Å². The van der Waals surface area contributed by atoms with E-state index in [9.17, 15) is 4.79 Å². The molecule has 1 heterocycles. The quantitative estimate of drug-likeness (QED) is 0.884. The number of carbonyl (C=O) groups is 1. The Morgan fingerprint density at radius 3 is 2.87 bits per heavy atom. The van der Waals surface area contributed by atoms with Crippen molar-refractivity contribution in [3.8, 4) is 5.75 Å². The van der Waals surface area contributed by atoms with E-state index in [0.29, 0.717) is 23.7 Å². The Kier molecular flexibility index (Phi) is 4.56. The van der Waals surface area contributed by atoms with Crippen LogP contribution in [0.2, 0.25) is 0 Å². The van der Waals surface area contributed by atoms with Crippen LogP contribution in [0.5, 0.6) is 5.75 Å². The average molecular weight is 293 g/mol. The van der Waals surface area contributed by atoms with E-state index in [0.717, 1.165) is 9.35 Å². The number of hydrogen-bond acceptors (Lipinski definition) is 4. The number of aryl methyl sites for hydroxylation is 1. The van der Waals surface area contributed by atoms with Crippen LogP contribution >= 0.6 is 27.3 Å². The topological polar surface area (TPSA) is 64.3 Å². The monoisotopic (exact) mass is 292 g/mol. The molecule has 84 valence electrons. The first-order chi connectivity index (χ1) is 7.11. The van der Waals surface area contributed by atoms with Crippen LogP contribution in [0.25, 0.3) is 0 Å². The maximum absolute atomic E-state index is 11.7. The first kappa shape index (κ1) is 12.5. The Balaban J connectivity index is 2.93. The summed E-state index contributed by atoms with van der Waals surface area (Å²) in [5, 5.41) is 2.71. The number of methoxy groups -OCH3 is 1. The van der Waals surface area contributed by atoms with Gasteiger partial charge in [0.05, 0.1) is 11.6 Å². The highest BCUT2D eigenvalue weighted by molar-refractivity contribution is 9.10. The molecule has 0 aliphatic rings. The van der Waals surface area contributed by atoms with Crippen LogP contribution in [-0.4, -0.2) is 26.1 Å². The highest BCUT2D eigenvalue weighted by Crippen LogP contribution is 2.38. The summed E-state index contributed by atoms with van der Waals surface area (Å²) in [7, 11) is 1.55. The average Bonchev–Trinajstić information content (AvgIpc) is 2.52. The summed E-state index contributed by atoms with van der Waals surface area (Å²) < 4.78 is 6.01. The molecule has 0 fully saturated rings. The smallest absolute Gasteiger partial charge is 0.265 e. The summed E-state index contributed by atoms with van der Waals surface area (Å²) in [5.74, 6) is 0.447. The summed E-state index contributed by atoms with van der Waals surface area (Å²) in [4.78, 5) is 13.3. The zero-order chi connectivity index (χ0) is 11.4. The fraction of sp³-hybridized carbons (Fsp3) is 0.444. The van der Waals surface area contributed by atoms with E-state index in [1.165, 1.54) is 11.3 Å². The lowest BCUT2D eigenvalue weighted by molar-refractivity contribution is 0.0956. The van der Waals surface area contributed by atoms with E-state index < -0.39 is 0 Å². The first-order valence-electron chi connectivity index (χ1n) is 4.43. The van der Waals surface area contributed by atoms with Crippen LogP contribution in [0.15, 0.2) is 4.47 Å². The van der Waals surface area contributed by atoms with Gasteiger partial charge in [-0.15, -0.1) is 11.3 Å². The third-order valence-corrected chi connectivity index (χ3v) is 4.11. The van der Waals surface area contributed by atoms with Gasteiger partial charge >= 0.3 is 0 Å². The summed E-state index contributed by atoms with van der Waals surface area (Å²) in [6, 6.07) is 0. The summed E-state index contributed by atoms with van der Waals surface area (Å²) in [6.07, 6.45) is 0. The van der Waals surface area contributed by atoms with Gasteiger partial charge in [-0.1, -0.05) is 0 Å². The molecule has 1 amide bonds. The van der Waals surface area contributed by atoms with E-state index in [1.54, 1.807) is 7.11 Å². The zero-order valence-electron chi connectivity index (χ0n) is 8.59. The number of amides is 1. The van der Waals surface area contributed by atoms with Crippen molar-refractivity contribution in [2.45, 2.75) is 6.92 Å². The van der Waals surface area contributed by atoms with Gasteiger partial charge in [-0.25, -0.2) is 0 Å². The molecule has 0 atom stereocenters. The van der Waals surface area contributed by atoms with Crippen molar-refractivity contribution in [2.75, 3.05) is 20.2 Å². The third kappa shape index (κ3) is 2.70. The fourth-order valence-electron chi connectivity index (χ4n) is 1.10. The number of halogens is 1. The number of thiophene rings is 1. The van der Waals surface area contributed by atoms with Crippen molar-refractivity contribution in [1.29, 1.82) is 0 Å². The minimum atomic E-state index is -0.142. The van der Waals surface area contributed by atoms with Gasteiger partial charge in [-0.05, 0) is 22.9 Å². The molecule has 1 aromatic rings. The minimum absolute atomic E-state index is 0.142. The molecule has 0 unspecified atom stereocenters. The lowest BCUT2D eigenvalue weighted by Crippen LogP contribution is -2.28. The SMILES string of the molecule is COc1c(C(=O)NCCN)sc(C)c1Br. The van der Waals surface area contributed by atoms with E-state index in [-0.39, 0.29) is 5.91 Å². The van der Waals surface area contributed by atoms with Crippen molar-refractivity contribution in [3.63, 3.8) is 0 Å². The Bertz CT molecular complexity index is 365. The number of carbonyl (C=O) groups excluding carboxylic acids is 1. The molecular weight excluding hydrogens is 280 g/mol. The Labute approximate surface area is 101 Å². The van der Waals surface area contributed by atoms with E-state index in [1.807, 2.05) is 6.92 Å². The molecule has 1 aromatic heterocycles. The third-order valence-electron chi connectivity index (χ3n) is 1.81. The van der Waals surface area contributed by atoms with Gasteiger partial charge < -0.3 is 15.8 Å². The predicted octanol–water partition coefficient (Wildman–Crippen LogP) is 1.52. The largest absolute Gasteiger partial charge is 0.494 e. The molecule has 0 radical (unpaired) electrons. The molecule has 3 N–H and O–H groups in total. The van der Waals surface area contributed by atoms with Gasteiger partial charge in [0.25, 0.3) is 5.91 Å². The summed E-state index contributed by atoms with van der Waals surface area (Å²) in [6.45, 7) is 2.83.